The summed E-state index contributed by atoms with van der Waals surface area (Å²) in [7, 11) is 0. The SMILES string of the molecule is CCC(CC)CNC1CCCC1CO. The first-order chi connectivity index (χ1) is 6.81. The Morgan fingerprint density at radius 3 is 2.57 bits per heavy atom. The molecule has 0 aromatic heterocycles. The number of hydrogen-bond acceptors (Lipinski definition) is 2. The van der Waals surface area contributed by atoms with Crippen LogP contribution < -0.4 is 5.32 Å². The summed E-state index contributed by atoms with van der Waals surface area (Å²) in [5.74, 6) is 1.33. The van der Waals surface area contributed by atoms with Gasteiger partial charge < -0.3 is 10.4 Å². The highest BCUT2D eigenvalue weighted by Gasteiger charge is 2.26. The minimum Gasteiger partial charge on any atom is -0.396 e. The van der Waals surface area contributed by atoms with Crippen molar-refractivity contribution in [3.63, 3.8) is 0 Å². The van der Waals surface area contributed by atoms with E-state index in [2.05, 4.69) is 19.2 Å². The van der Waals surface area contributed by atoms with Crippen molar-refractivity contribution in [2.75, 3.05) is 13.2 Å². The highest BCUT2D eigenvalue weighted by molar-refractivity contribution is 4.83. The average Bonchev–Trinajstić information content (AvgIpc) is 2.67. The Morgan fingerprint density at radius 2 is 2.00 bits per heavy atom. The van der Waals surface area contributed by atoms with Gasteiger partial charge >= 0.3 is 0 Å². The zero-order chi connectivity index (χ0) is 10.4. The van der Waals surface area contributed by atoms with Crippen LogP contribution in [0.2, 0.25) is 0 Å². The number of hydrogen-bond donors (Lipinski definition) is 2. The minimum absolute atomic E-state index is 0.362. The first kappa shape index (κ1) is 12.0. The molecule has 0 aliphatic heterocycles. The van der Waals surface area contributed by atoms with Crippen LogP contribution >= 0.6 is 0 Å². The fraction of sp³-hybridized carbons (Fsp3) is 1.00. The van der Waals surface area contributed by atoms with Crippen LogP contribution in [0.5, 0.6) is 0 Å². The maximum Gasteiger partial charge on any atom is 0.0474 e. The highest BCUT2D eigenvalue weighted by atomic mass is 16.3. The van der Waals surface area contributed by atoms with Gasteiger partial charge in [0.1, 0.15) is 0 Å². The van der Waals surface area contributed by atoms with E-state index in [9.17, 15) is 5.11 Å². The maximum atomic E-state index is 9.18. The largest absolute Gasteiger partial charge is 0.396 e. The quantitative estimate of drug-likeness (QED) is 0.687. The molecule has 2 unspecified atom stereocenters. The molecule has 84 valence electrons. The van der Waals surface area contributed by atoms with E-state index in [1.165, 1.54) is 32.1 Å². The summed E-state index contributed by atoms with van der Waals surface area (Å²) >= 11 is 0. The van der Waals surface area contributed by atoms with Gasteiger partial charge in [-0.25, -0.2) is 0 Å². The molecule has 0 amide bonds. The lowest BCUT2D eigenvalue weighted by molar-refractivity contribution is 0.202. The molecule has 1 aliphatic rings. The van der Waals surface area contributed by atoms with E-state index in [4.69, 9.17) is 0 Å². The van der Waals surface area contributed by atoms with Crippen LogP contribution in [-0.4, -0.2) is 24.3 Å². The molecule has 0 aromatic carbocycles. The molecule has 1 fully saturated rings. The van der Waals surface area contributed by atoms with Gasteiger partial charge in [0, 0.05) is 12.6 Å². The Hall–Kier alpha value is -0.0800. The molecule has 0 heterocycles. The van der Waals surface area contributed by atoms with E-state index >= 15 is 0 Å². The molecule has 0 radical (unpaired) electrons. The van der Waals surface area contributed by atoms with Gasteiger partial charge in [-0.05, 0) is 31.2 Å². The third-order valence-electron chi connectivity index (χ3n) is 3.72. The normalized spacial score (nSPS) is 27.4. The minimum atomic E-state index is 0.362. The molecule has 2 atom stereocenters. The first-order valence-corrected chi connectivity index (χ1v) is 6.16. The lowest BCUT2D eigenvalue weighted by Gasteiger charge is -2.22. The van der Waals surface area contributed by atoms with Gasteiger partial charge in [-0.2, -0.15) is 0 Å². The second kappa shape index (κ2) is 6.41. The van der Waals surface area contributed by atoms with Crippen molar-refractivity contribution in [1.82, 2.24) is 5.32 Å². The predicted octanol–water partition coefficient (Wildman–Crippen LogP) is 2.17. The smallest absolute Gasteiger partial charge is 0.0474 e. The summed E-state index contributed by atoms with van der Waals surface area (Å²) in [6.07, 6.45) is 6.27. The van der Waals surface area contributed by atoms with Gasteiger partial charge in [-0.15, -0.1) is 0 Å². The second-order valence-electron chi connectivity index (χ2n) is 4.57. The summed E-state index contributed by atoms with van der Waals surface area (Å²) < 4.78 is 0. The fourth-order valence-corrected chi connectivity index (χ4v) is 2.42. The van der Waals surface area contributed by atoms with Crippen LogP contribution in [0.4, 0.5) is 0 Å². The molecule has 0 bridgehead atoms. The summed E-state index contributed by atoms with van der Waals surface area (Å²) in [5.41, 5.74) is 0. The van der Waals surface area contributed by atoms with Gasteiger partial charge in [0.05, 0.1) is 0 Å². The first-order valence-electron chi connectivity index (χ1n) is 6.16. The Morgan fingerprint density at radius 1 is 1.29 bits per heavy atom. The third kappa shape index (κ3) is 3.25. The maximum absolute atomic E-state index is 9.18. The van der Waals surface area contributed by atoms with E-state index in [1.807, 2.05) is 0 Å². The van der Waals surface area contributed by atoms with E-state index in [0.29, 0.717) is 18.6 Å². The standard InChI is InChI=1S/C12H25NO/c1-3-10(4-2)8-13-12-7-5-6-11(12)9-14/h10-14H,3-9H2,1-2H3. The highest BCUT2D eigenvalue weighted by Crippen LogP contribution is 2.25. The van der Waals surface area contributed by atoms with Crippen molar-refractivity contribution in [2.24, 2.45) is 11.8 Å². The van der Waals surface area contributed by atoms with Crippen molar-refractivity contribution < 1.29 is 5.11 Å². The number of rotatable bonds is 6. The molecule has 1 saturated carbocycles. The molecule has 0 saturated heterocycles. The number of aliphatic hydroxyl groups is 1. The van der Waals surface area contributed by atoms with Gasteiger partial charge in [0.2, 0.25) is 0 Å². The Labute approximate surface area is 88.1 Å². The van der Waals surface area contributed by atoms with Crippen LogP contribution in [0.25, 0.3) is 0 Å². The van der Waals surface area contributed by atoms with Crippen molar-refractivity contribution in [3.05, 3.63) is 0 Å². The fourth-order valence-electron chi connectivity index (χ4n) is 2.42. The zero-order valence-corrected chi connectivity index (χ0v) is 9.63. The molecule has 14 heavy (non-hydrogen) atoms. The second-order valence-corrected chi connectivity index (χ2v) is 4.57. The summed E-state index contributed by atoms with van der Waals surface area (Å²) in [5, 5.41) is 12.8. The van der Waals surface area contributed by atoms with E-state index in [0.717, 1.165) is 12.5 Å². The van der Waals surface area contributed by atoms with Crippen LogP contribution in [0.1, 0.15) is 46.0 Å². The van der Waals surface area contributed by atoms with Crippen LogP contribution in [0.15, 0.2) is 0 Å². The molecular weight excluding hydrogens is 174 g/mol. The Balaban J connectivity index is 2.22. The van der Waals surface area contributed by atoms with Crippen LogP contribution in [0.3, 0.4) is 0 Å². The average molecular weight is 199 g/mol. The summed E-state index contributed by atoms with van der Waals surface area (Å²) in [6, 6.07) is 0.584. The van der Waals surface area contributed by atoms with Gasteiger partial charge in [-0.1, -0.05) is 33.1 Å². The molecule has 0 aromatic rings. The van der Waals surface area contributed by atoms with E-state index < -0.39 is 0 Å². The van der Waals surface area contributed by atoms with Crippen molar-refractivity contribution in [2.45, 2.75) is 52.0 Å². The zero-order valence-electron chi connectivity index (χ0n) is 9.63. The van der Waals surface area contributed by atoms with E-state index in [1.54, 1.807) is 0 Å². The van der Waals surface area contributed by atoms with Crippen LogP contribution in [-0.2, 0) is 0 Å². The van der Waals surface area contributed by atoms with Crippen molar-refractivity contribution in [3.8, 4) is 0 Å². The third-order valence-corrected chi connectivity index (χ3v) is 3.72. The molecule has 2 nitrogen and oxygen atoms in total. The van der Waals surface area contributed by atoms with Crippen molar-refractivity contribution >= 4 is 0 Å². The molecular formula is C12H25NO. The lowest BCUT2D eigenvalue weighted by atomic mass is 10.0. The van der Waals surface area contributed by atoms with Gasteiger partial charge in [0.25, 0.3) is 0 Å². The summed E-state index contributed by atoms with van der Waals surface area (Å²) in [4.78, 5) is 0. The van der Waals surface area contributed by atoms with Gasteiger partial charge in [0.15, 0.2) is 0 Å². The molecule has 2 heteroatoms. The molecule has 1 aliphatic carbocycles. The molecule has 0 spiro atoms. The monoisotopic (exact) mass is 199 g/mol. The topological polar surface area (TPSA) is 32.3 Å². The predicted molar refractivity (Wildman–Crippen MR) is 60.3 cm³/mol. The van der Waals surface area contributed by atoms with Crippen molar-refractivity contribution in [1.29, 1.82) is 0 Å². The van der Waals surface area contributed by atoms with E-state index in [-0.39, 0.29) is 0 Å². The number of aliphatic hydroxyl groups excluding tert-OH is 1. The van der Waals surface area contributed by atoms with Gasteiger partial charge in [-0.3, -0.25) is 0 Å². The molecule has 2 N–H and O–H groups in total. The lowest BCUT2D eigenvalue weighted by Crippen LogP contribution is -2.37. The number of nitrogens with one attached hydrogen (secondary N) is 1. The Kier molecular flexibility index (Phi) is 5.49. The Bertz CT molecular complexity index is 145. The molecule has 1 rings (SSSR count). The van der Waals surface area contributed by atoms with Crippen LogP contribution in [0, 0.1) is 11.8 Å². The summed E-state index contributed by atoms with van der Waals surface area (Å²) in [6.45, 7) is 6.01.